The zero-order valence-electron chi connectivity index (χ0n) is 9.88. The van der Waals surface area contributed by atoms with Gasteiger partial charge in [-0.05, 0) is 0 Å². The first-order chi connectivity index (χ1) is 8.24. The van der Waals surface area contributed by atoms with Gasteiger partial charge in [-0.3, -0.25) is 4.68 Å². The molecule has 2 aromatic heterocycles. The third-order valence-corrected chi connectivity index (χ3v) is 2.86. The van der Waals surface area contributed by atoms with E-state index in [9.17, 15) is 0 Å². The molecule has 3 rings (SSSR count). The number of aromatic nitrogens is 4. The number of likely N-dealkylation sites (N-methyl/N-ethyl adjacent to an activating group) is 1. The summed E-state index contributed by atoms with van der Waals surface area (Å²) in [6.45, 7) is 1.88. The van der Waals surface area contributed by atoms with Gasteiger partial charge in [-0.25, -0.2) is 9.97 Å². The number of hydrogen-bond acceptors (Lipinski definition) is 5. The van der Waals surface area contributed by atoms with Crippen LogP contribution in [0.25, 0.3) is 11.4 Å². The molecule has 6 nitrogen and oxygen atoms in total. The van der Waals surface area contributed by atoms with Gasteiger partial charge >= 0.3 is 0 Å². The largest absolute Gasteiger partial charge is 0.379 e. The second kappa shape index (κ2) is 3.73. The van der Waals surface area contributed by atoms with Crippen molar-refractivity contribution in [1.29, 1.82) is 0 Å². The number of hydrogen-bond donors (Lipinski definition) is 1. The molecule has 2 aromatic rings. The fourth-order valence-electron chi connectivity index (χ4n) is 1.93. The SMILES string of the molecule is CN1CCNc2cnc(-c3cnn(C)c3)nc21. The monoisotopic (exact) mass is 230 g/mol. The van der Waals surface area contributed by atoms with E-state index in [1.165, 1.54) is 0 Å². The minimum atomic E-state index is 0.715. The lowest BCUT2D eigenvalue weighted by Gasteiger charge is -2.26. The van der Waals surface area contributed by atoms with E-state index >= 15 is 0 Å². The highest BCUT2D eigenvalue weighted by atomic mass is 15.3. The number of anilines is 2. The van der Waals surface area contributed by atoms with E-state index in [4.69, 9.17) is 0 Å². The first kappa shape index (κ1) is 10.1. The molecule has 6 heteroatoms. The van der Waals surface area contributed by atoms with Gasteiger partial charge in [-0.2, -0.15) is 5.10 Å². The van der Waals surface area contributed by atoms with E-state index in [1.807, 2.05) is 26.5 Å². The summed E-state index contributed by atoms with van der Waals surface area (Å²) in [4.78, 5) is 11.1. The maximum Gasteiger partial charge on any atom is 0.164 e. The molecule has 3 heterocycles. The summed E-state index contributed by atoms with van der Waals surface area (Å²) in [5.74, 6) is 1.66. The Hall–Kier alpha value is -2.11. The van der Waals surface area contributed by atoms with Crippen molar-refractivity contribution in [2.75, 3.05) is 30.4 Å². The van der Waals surface area contributed by atoms with Crippen LogP contribution in [-0.2, 0) is 7.05 Å². The Labute approximate surface area is 99.3 Å². The van der Waals surface area contributed by atoms with Crippen LogP contribution in [-0.4, -0.2) is 39.9 Å². The molecule has 0 unspecified atom stereocenters. The van der Waals surface area contributed by atoms with Gasteiger partial charge in [0.1, 0.15) is 0 Å². The fraction of sp³-hybridized carbons (Fsp3) is 0.364. The average molecular weight is 230 g/mol. The summed E-state index contributed by atoms with van der Waals surface area (Å²) in [7, 11) is 3.93. The summed E-state index contributed by atoms with van der Waals surface area (Å²) < 4.78 is 1.75. The van der Waals surface area contributed by atoms with Crippen molar-refractivity contribution in [2.24, 2.45) is 7.05 Å². The van der Waals surface area contributed by atoms with Gasteiger partial charge in [0.05, 0.1) is 23.6 Å². The van der Waals surface area contributed by atoms with Crippen molar-refractivity contribution < 1.29 is 0 Å². The van der Waals surface area contributed by atoms with E-state index in [1.54, 1.807) is 10.9 Å². The Kier molecular flexibility index (Phi) is 2.21. The molecule has 0 aromatic carbocycles. The van der Waals surface area contributed by atoms with Crippen LogP contribution in [0.5, 0.6) is 0 Å². The Morgan fingerprint density at radius 2 is 2.18 bits per heavy atom. The molecule has 1 N–H and O–H groups in total. The van der Waals surface area contributed by atoms with Crippen molar-refractivity contribution in [3.05, 3.63) is 18.6 Å². The summed E-state index contributed by atoms with van der Waals surface area (Å²) >= 11 is 0. The van der Waals surface area contributed by atoms with Gasteiger partial charge < -0.3 is 10.2 Å². The minimum Gasteiger partial charge on any atom is -0.379 e. The smallest absolute Gasteiger partial charge is 0.164 e. The van der Waals surface area contributed by atoms with E-state index < -0.39 is 0 Å². The lowest BCUT2D eigenvalue weighted by atomic mass is 10.3. The standard InChI is InChI=1S/C11H14N6/c1-16-4-3-12-9-6-13-10(15-11(9)16)8-5-14-17(2)7-8/h5-7,12H,3-4H2,1-2H3. The third-order valence-electron chi connectivity index (χ3n) is 2.86. The van der Waals surface area contributed by atoms with Crippen LogP contribution >= 0.6 is 0 Å². The first-order valence-electron chi connectivity index (χ1n) is 5.55. The third kappa shape index (κ3) is 1.71. The molecule has 0 spiro atoms. The second-order valence-corrected chi connectivity index (χ2v) is 4.18. The molecule has 88 valence electrons. The van der Waals surface area contributed by atoms with Crippen LogP contribution in [0.15, 0.2) is 18.6 Å². The van der Waals surface area contributed by atoms with Crippen LogP contribution in [0, 0.1) is 0 Å². The highest BCUT2D eigenvalue weighted by molar-refractivity contribution is 5.69. The van der Waals surface area contributed by atoms with Gasteiger partial charge in [-0.15, -0.1) is 0 Å². The zero-order chi connectivity index (χ0) is 11.8. The maximum atomic E-state index is 4.58. The normalized spacial score (nSPS) is 14.4. The predicted octanol–water partition coefficient (Wildman–Crippen LogP) is 0.739. The lowest BCUT2D eigenvalue weighted by Crippen LogP contribution is -2.31. The van der Waals surface area contributed by atoms with Crippen LogP contribution in [0.3, 0.4) is 0 Å². The van der Waals surface area contributed by atoms with E-state index in [0.29, 0.717) is 5.82 Å². The molecule has 17 heavy (non-hydrogen) atoms. The molecule has 0 aliphatic carbocycles. The molecule has 1 aliphatic rings. The van der Waals surface area contributed by atoms with Gasteiger partial charge in [0, 0.05) is 33.4 Å². The summed E-state index contributed by atoms with van der Waals surface area (Å²) in [5.41, 5.74) is 1.93. The molecular formula is C11H14N6. The number of rotatable bonds is 1. The van der Waals surface area contributed by atoms with Gasteiger partial charge in [0.2, 0.25) is 0 Å². The van der Waals surface area contributed by atoms with Crippen molar-refractivity contribution in [2.45, 2.75) is 0 Å². The van der Waals surface area contributed by atoms with Crippen LogP contribution in [0.2, 0.25) is 0 Å². The molecule has 0 amide bonds. The van der Waals surface area contributed by atoms with Gasteiger partial charge in [0.15, 0.2) is 11.6 Å². The topological polar surface area (TPSA) is 58.9 Å². The Morgan fingerprint density at radius 1 is 1.29 bits per heavy atom. The summed E-state index contributed by atoms with van der Waals surface area (Å²) in [6.07, 6.45) is 5.52. The number of nitrogens with one attached hydrogen (secondary N) is 1. The maximum absolute atomic E-state index is 4.58. The zero-order valence-corrected chi connectivity index (χ0v) is 9.88. The van der Waals surface area contributed by atoms with E-state index in [0.717, 1.165) is 30.2 Å². The highest BCUT2D eigenvalue weighted by Crippen LogP contribution is 2.27. The average Bonchev–Trinajstić information content (AvgIpc) is 2.76. The fourth-order valence-corrected chi connectivity index (χ4v) is 1.93. The highest BCUT2D eigenvalue weighted by Gasteiger charge is 2.16. The van der Waals surface area contributed by atoms with Crippen LogP contribution in [0.1, 0.15) is 0 Å². The quantitative estimate of drug-likeness (QED) is 0.783. The summed E-state index contributed by atoms with van der Waals surface area (Å²) in [5, 5.41) is 7.42. The Bertz CT molecular complexity index is 547. The number of aryl methyl sites for hydroxylation is 1. The van der Waals surface area contributed by atoms with Crippen LogP contribution in [0.4, 0.5) is 11.5 Å². The predicted molar refractivity (Wildman–Crippen MR) is 66.0 cm³/mol. The molecule has 0 saturated carbocycles. The lowest BCUT2D eigenvalue weighted by molar-refractivity contribution is 0.768. The van der Waals surface area contributed by atoms with Crippen molar-refractivity contribution >= 4 is 11.5 Å². The molecular weight excluding hydrogens is 216 g/mol. The second-order valence-electron chi connectivity index (χ2n) is 4.18. The number of nitrogens with zero attached hydrogens (tertiary/aromatic N) is 5. The molecule has 0 saturated heterocycles. The van der Waals surface area contributed by atoms with E-state index in [-0.39, 0.29) is 0 Å². The van der Waals surface area contributed by atoms with Crippen molar-refractivity contribution in [3.8, 4) is 11.4 Å². The van der Waals surface area contributed by atoms with Crippen molar-refractivity contribution in [3.63, 3.8) is 0 Å². The van der Waals surface area contributed by atoms with Gasteiger partial charge in [-0.1, -0.05) is 0 Å². The molecule has 0 fully saturated rings. The molecule has 0 bridgehead atoms. The van der Waals surface area contributed by atoms with Crippen LogP contribution < -0.4 is 10.2 Å². The first-order valence-corrected chi connectivity index (χ1v) is 5.55. The molecule has 1 aliphatic heterocycles. The molecule has 0 atom stereocenters. The summed E-state index contributed by atoms with van der Waals surface area (Å²) in [6, 6.07) is 0. The number of fused-ring (bicyclic) bond motifs is 1. The van der Waals surface area contributed by atoms with Crippen molar-refractivity contribution in [1.82, 2.24) is 19.7 Å². The molecule has 0 radical (unpaired) electrons. The Balaban J connectivity index is 2.05. The minimum absolute atomic E-state index is 0.715. The Morgan fingerprint density at radius 3 is 2.94 bits per heavy atom. The van der Waals surface area contributed by atoms with E-state index in [2.05, 4.69) is 25.3 Å². The van der Waals surface area contributed by atoms with Gasteiger partial charge in [0.25, 0.3) is 0 Å².